The Balaban J connectivity index is 1.73. The van der Waals surface area contributed by atoms with Gasteiger partial charge in [0.25, 0.3) is 5.78 Å². The molecule has 1 atom stereocenters. The molecule has 5 nitrogen and oxygen atoms in total. The molecule has 6 heteroatoms. The summed E-state index contributed by atoms with van der Waals surface area (Å²) >= 11 is 1.38. The van der Waals surface area contributed by atoms with Crippen LogP contribution in [0.1, 0.15) is 59.2 Å². The van der Waals surface area contributed by atoms with Crippen molar-refractivity contribution in [2.45, 2.75) is 46.6 Å². The molecule has 0 radical (unpaired) electrons. The number of aromatic nitrogens is 1. The molecule has 1 fully saturated rings. The molecule has 0 spiro atoms. The van der Waals surface area contributed by atoms with Gasteiger partial charge in [-0.2, -0.15) is 0 Å². The Morgan fingerprint density at radius 3 is 2.25 bits per heavy atom. The maximum atomic E-state index is 13.5. The molecule has 2 heterocycles. The van der Waals surface area contributed by atoms with E-state index in [0.29, 0.717) is 16.6 Å². The maximum Gasteiger partial charge on any atom is 0.301 e. The highest BCUT2D eigenvalue weighted by molar-refractivity contribution is 7.22. The number of hydrogen-bond acceptors (Lipinski definition) is 5. The summed E-state index contributed by atoms with van der Waals surface area (Å²) in [6.07, 6.45) is 0. The summed E-state index contributed by atoms with van der Waals surface area (Å²) in [5, 5.41) is 11.8. The Bertz CT molecular complexity index is 1530. The fourth-order valence-electron chi connectivity index (χ4n) is 4.74. The SMILES string of the molecule is Cc1ccc(/C(O)=C2\C(=O)C(=O)N(c3nc4c(C)cc(C)cc4s3)[C@@H]2c2ccc(C(C)C)cc2)cc1. The predicted molar refractivity (Wildman–Crippen MR) is 146 cm³/mol. The summed E-state index contributed by atoms with van der Waals surface area (Å²) < 4.78 is 0.955. The summed E-state index contributed by atoms with van der Waals surface area (Å²) in [5.41, 5.74) is 6.45. The van der Waals surface area contributed by atoms with Gasteiger partial charge in [-0.25, -0.2) is 4.98 Å². The van der Waals surface area contributed by atoms with Gasteiger partial charge in [0, 0.05) is 5.56 Å². The topological polar surface area (TPSA) is 70.5 Å². The number of nitrogens with zero attached hydrogens (tertiary/aromatic N) is 2. The second kappa shape index (κ2) is 9.03. The molecule has 1 aliphatic rings. The molecular weight excluding hydrogens is 468 g/mol. The van der Waals surface area contributed by atoms with Crippen LogP contribution >= 0.6 is 11.3 Å². The number of Topliss-reactive ketones (excluding diaryl/α,β-unsaturated/α-hetero) is 1. The number of amides is 1. The highest BCUT2D eigenvalue weighted by Gasteiger charge is 2.48. The quantitative estimate of drug-likeness (QED) is 0.188. The Morgan fingerprint density at radius 2 is 1.61 bits per heavy atom. The van der Waals surface area contributed by atoms with Gasteiger partial charge < -0.3 is 5.11 Å². The number of hydrogen-bond donors (Lipinski definition) is 1. The molecule has 0 bridgehead atoms. The summed E-state index contributed by atoms with van der Waals surface area (Å²) in [4.78, 5) is 33.2. The first kappa shape index (κ1) is 23.9. The minimum absolute atomic E-state index is 0.0771. The summed E-state index contributed by atoms with van der Waals surface area (Å²) in [7, 11) is 0. The van der Waals surface area contributed by atoms with Gasteiger partial charge in [0.05, 0.1) is 21.8 Å². The number of carbonyl (C=O) groups is 2. The molecule has 0 saturated carbocycles. The third-order valence-electron chi connectivity index (χ3n) is 6.71. The normalized spacial score (nSPS) is 17.5. The number of rotatable bonds is 4. The second-order valence-corrected chi connectivity index (χ2v) is 10.8. The van der Waals surface area contributed by atoms with Crippen LogP contribution in [-0.4, -0.2) is 21.8 Å². The molecule has 1 amide bonds. The fourth-order valence-corrected chi connectivity index (χ4v) is 5.91. The number of aliphatic hydroxyl groups excluding tert-OH is 1. The largest absolute Gasteiger partial charge is 0.507 e. The van der Waals surface area contributed by atoms with Crippen molar-refractivity contribution in [2.75, 3.05) is 4.90 Å². The molecule has 5 rings (SSSR count). The number of fused-ring (bicyclic) bond motifs is 1. The third-order valence-corrected chi connectivity index (χ3v) is 7.71. The zero-order valence-electron chi connectivity index (χ0n) is 21.0. The van der Waals surface area contributed by atoms with E-state index in [9.17, 15) is 14.7 Å². The zero-order chi connectivity index (χ0) is 25.7. The lowest BCUT2D eigenvalue weighted by atomic mass is 9.93. The van der Waals surface area contributed by atoms with Crippen molar-refractivity contribution in [3.63, 3.8) is 0 Å². The van der Waals surface area contributed by atoms with E-state index in [1.807, 2.05) is 63.2 Å². The van der Waals surface area contributed by atoms with Crippen LogP contribution in [0.4, 0.5) is 5.13 Å². The third kappa shape index (κ3) is 4.01. The molecule has 0 unspecified atom stereocenters. The molecule has 1 aromatic heterocycles. The molecular formula is C30H28N2O3S. The van der Waals surface area contributed by atoms with Crippen LogP contribution in [0.15, 0.2) is 66.2 Å². The molecule has 0 aliphatic carbocycles. The maximum absolute atomic E-state index is 13.5. The Morgan fingerprint density at radius 1 is 0.944 bits per heavy atom. The minimum Gasteiger partial charge on any atom is -0.507 e. The van der Waals surface area contributed by atoms with E-state index in [0.717, 1.165) is 38.0 Å². The highest BCUT2D eigenvalue weighted by atomic mass is 32.1. The summed E-state index contributed by atoms with van der Waals surface area (Å²) in [6.45, 7) is 10.2. The lowest BCUT2D eigenvalue weighted by molar-refractivity contribution is -0.132. The molecule has 182 valence electrons. The van der Waals surface area contributed by atoms with Gasteiger partial charge in [0.1, 0.15) is 5.76 Å². The van der Waals surface area contributed by atoms with Crippen molar-refractivity contribution in [1.82, 2.24) is 4.98 Å². The highest BCUT2D eigenvalue weighted by Crippen LogP contribution is 2.45. The Kier molecular flexibility index (Phi) is 6.00. The van der Waals surface area contributed by atoms with Crippen LogP contribution in [0.5, 0.6) is 0 Å². The lowest BCUT2D eigenvalue weighted by Crippen LogP contribution is -2.29. The monoisotopic (exact) mass is 496 g/mol. The van der Waals surface area contributed by atoms with Gasteiger partial charge in [-0.05, 0) is 55.0 Å². The van der Waals surface area contributed by atoms with Gasteiger partial charge in [-0.3, -0.25) is 14.5 Å². The van der Waals surface area contributed by atoms with Crippen LogP contribution in [0.3, 0.4) is 0 Å². The molecule has 3 aromatic carbocycles. The van der Waals surface area contributed by atoms with Crippen molar-refractivity contribution in [3.8, 4) is 0 Å². The summed E-state index contributed by atoms with van der Waals surface area (Å²) in [5.74, 6) is -1.23. The van der Waals surface area contributed by atoms with Crippen molar-refractivity contribution >= 4 is 44.1 Å². The Hall–Kier alpha value is -3.77. The molecule has 36 heavy (non-hydrogen) atoms. The number of ketones is 1. The number of aliphatic hydroxyl groups is 1. The van der Waals surface area contributed by atoms with E-state index >= 15 is 0 Å². The standard InChI is InChI=1S/C30H28N2O3S/c1-16(2)20-10-12-21(13-11-20)26-24(27(33)22-8-6-17(3)7-9-22)28(34)29(35)32(26)30-31-25-19(5)14-18(4)15-23(25)36-30/h6-16,26,33H,1-5H3/b27-24+/t26-/m1/s1. The molecule has 1 N–H and O–H groups in total. The number of carbonyl (C=O) groups excluding carboxylic acids is 2. The molecule has 1 aliphatic heterocycles. The van der Waals surface area contributed by atoms with E-state index in [2.05, 4.69) is 19.9 Å². The first-order valence-electron chi connectivity index (χ1n) is 12.0. The predicted octanol–water partition coefficient (Wildman–Crippen LogP) is 6.97. The van der Waals surface area contributed by atoms with Gasteiger partial charge in [0.2, 0.25) is 0 Å². The first-order chi connectivity index (χ1) is 17.2. The fraction of sp³-hybridized carbons (Fsp3) is 0.233. The Labute approximate surface area is 214 Å². The van der Waals surface area contributed by atoms with E-state index in [1.54, 1.807) is 12.1 Å². The van der Waals surface area contributed by atoms with Gasteiger partial charge in [-0.1, -0.05) is 85.3 Å². The van der Waals surface area contributed by atoms with E-state index in [-0.39, 0.29) is 11.3 Å². The van der Waals surface area contributed by atoms with Crippen molar-refractivity contribution in [2.24, 2.45) is 0 Å². The molecule has 4 aromatic rings. The van der Waals surface area contributed by atoms with Crippen LogP contribution in [0.25, 0.3) is 16.0 Å². The number of aryl methyl sites for hydroxylation is 3. The van der Waals surface area contributed by atoms with Crippen molar-refractivity contribution in [3.05, 3.63) is 99.6 Å². The summed E-state index contributed by atoms with van der Waals surface area (Å²) in [6, 6.07) is 18.5. The zero-order valence-corrected chi connectivity index (χ0v) is 21.8. The van der Waals surface area contributed by atoms with Crippen molar-refractivity contribution < 1.29 is 14.7 Å². The van der Waals surface area contributed by atoms with Crippen LogP contribution in [-0.2, 0) is 9.59 Å². The van der Waals surface area contributed by atoms with E-state index in [1.165, 1.54) is 16.2 Å². The van der Waals surface area contributed by atoms with Gasteiger partial charge in [-0.15, -0.1) is 0 Å². The van der Waals surface area contributed by atoms with Crippen LogP contribution in [0.2, 0.25) is 0 Å². The lowest BCUT2D eigenvalue weighted by Gasteiger charge is -2.23. The average Bonchev–Trinajstić information content (AvgIpc) is 3.38. The van der Waals surface area contributed by atoms with Gasteiger partial charge >= 0.3 is 5.91 Å². The minimum atomic E-state index is -0.783. The first-order valence-corrected chi connectivity index (χ1v) is 12.8. The van der Waals surface area contributed by atoms with E-state index < -0.39 is 17.7 Å². The average molecular weight is 497 g/mol. The van der Waals surface area contributed by atoms with Crippen LogP contribution in [0, 0.1) is 20.8 Å². The number of benzene rings is 3. The molecule has 1 saturated heterocycles. The number of anilines is 1. The van der Waals surface area contributed by atoms with Gasteiger partial charge in [0.15, 0.2) is 5.13 Å². The van der Waals surface area contributed by atoms with Crippen LogP contribution < -0.4 is 4.90 Å². The van der Waals surface area contributed by atoms with E-state index in [4.69, 9.17) is 4.98 Å². The number of thiazole rings is 1. The second-order valence-electron chi connectivity index (χ2n) is 9.78. The smallest absolute Gasteiger partial charge is 0.301 e. The van der Waals surface area contributed by atoms with Crippen molar-refractivity contribution in [1.29, 1.82) is 0 Å².